The van der Waals surface area contributed by atoms with Crippen LogP contribution in [0.4, 0.5) is 24.7 Å². The third kappa shape index (κ3) is 5.27. The molecule has 1 fully saturated rings. The van der Waals surface area contributed by atoms with Crippen molar-refractivity contribution in [2.24, 2.45) is 0 Å². The number of hydrogen-bond acceptors (Lipinski definition) is 3. The van der Waals surface area contributed by atoms with E-state index in [0.717, 1.165) is 48.4 Å². The average molecular weight is 523 g/mol. The molecule has 9 heteroatoms. The molecule has 1 N–H and O–H groups in total. The largest absolute Gasteiger partial charge is 0.416 e. The van der Waals surface area contributed by atoms with E-state index in [2.05, 4.69) is 47.0 Å². The standard InChI is InChI=1S/C28H29F3N4OSi/c1-37(2,3)23-9-10-24-20(15-23)16-25(35(24)18-19-6-4-7-21(14-19)28(29,30)31)27(36)33-22-8-11-26(32-17-22)34-12-5-13-34/h4,6-11,14-17H,5,12-13,18H2,1-3H3,(H,33,36). The van der Waals surface area contributed by atoms with Gasteiger partial charge < -0.3 is 14.8 Å². The van der Waals surface area contributed by atoms with Crippen LogP contribution >= 0.6 is 0 Å². The summed E-state index contributed by atoms with van der Waals surface area (Å²) in [5, 5.41) is 5.05. The fourth-order valence-electron chi connectivity index (χ4n) is 4.51. The molecule has 1 saturated heterocycles. The van der Waals surface area contributed by atoms with Crippen LogP contribution in [0.5, 0.6) is 0 Å². The molecule has 1 aliphatic rings. The number of pyridine rings is 1. The summed E-state index contributed by atoms with van der Waals surface area (Å²) in [5.41, 5.74) is 1.51. The molecule has 2 aromatic heterocycles. The van der Waals surface area contributed by atoms with E-state index >= 15 is 0 Å². The third-order valence-corrected chi connectivity index (χ3v) is 8.82. The highest BCUT2D eigenvalue weighted by atomic mass is 28.3. The number of nitrogens with zero attached hydrogens (tertiary/aromatic N) is 3. The zero-order valence-corrected chi connectivity index (χ0v) is 22.1. The van der Waals surface area contributed by atoms with Crippen LogP contribution in [-0.2, 0) is 12.7 Å². The molecule has 0 bridgehead atoms. The highest BCUT2D eigenvalue weighted by Crippen LogP contribution is 2.30. The van der Waals surface area contributed by atoms with Gasteiger partial charge in [0.15, 0.2) is 0 Å². The maximum atomic E-state index is 13.4. The van der Waals surface area contributed by atoms with Gasteiger partial charge in [0.25, 0.3) is 5.91 Å². The second kappa shape index (κ2) is 9.37. The number of nitrogens with one attached hydrogen (secondary N) is 1. The first kappa shape index (κ1) is 25.1. The maximum Gasteiger partial charge on any atom is 0.416 e. The summed E-state index contributed by atoms with van der Waals surface area (Å²) in [5.74, 6) is 0.540. The second-order valence-electron chi connectivity index (χ2n) is 10.5. The van der Waals surface area contributed by atoms with Crippen LogP contribution in [0.1, 0.15) is 28.0 Å². The highest BCUT2D eigenvalue weighted by molar-refractivity contribution is 6.88. The third-order valence-electron chi connectivity index (χ3n) is 6.78. The van der Waals surface area contributed by atoms with Gasteiger partial charge in [-0.25, -0.2) is 4.98 Å². The molecule has 0 saturated carbocycles. The van der Waals surface area contributed by atoms with E-state index in [1.807, 2.05) is 24.3 Å². The topological polar surface area (TPSA) is 50.2 Å². The monoisotopic (exact) mass is 522 g/mol. The van der Waals surface area contributed by atoms with Crippen LogP contribution in [0.3, 0.4) is 0 Å². The molecule has 0 unspecified atom stereocenters. The molecular formula is C28H29F3N4OSi. The van der Waals surface area contributed by atoms with Gasteiger partial charge in [-0.2, -0.15) is 13.2 Å². The zero-order chi connectivity index (χ0) is 26.4. The summed E-state index contributed by atoms with van der Waals surface area (Å²) in [4.78, 5) is 20.1. The maximum absolute atomic E-state index is 13.4. The van der Waals surface area contributed by atoms with Crippen molar-refractivity contribution in [1.29, 1.82) is 0 Å². The molecule has 1 amide bonds. The Balaban J connectivity index is 1.51. The van der Waals surface area contributed by atoms with E-state index in [-0.39, 0.29) is 12.5 Å². The number of anilines is 2. The lowest BCUT2D eigenvalue weighted by Gasteiger charge is -2.31. The molecule has 0 atom stereocenters. The minimum Gasteiger partial charge on any atom is -0.356 e. The number of benzene rings is 2. The van der Waals surface area contributed by atoms with E-state index in [1.54, 1.807) is 16.8 Å². The smallest absolute Gasteiger partial charge is 0.356 e. The quantitative estimate of drug-likeness (QED) is 0.311. The predicted molar refractivity (Wildman–Crippen MR) is 144 cm³/mol. The molecule has 0 aliphatic carbocycles. The van der Waals surface area contributed by atoms with Gasteiger partial charge in [-0.15, -0.1) is 0 Å². The molecule has 37 heavy (non-hydrogen) atoms. The Kier molecular flexibility index (Phi) is 6.35. The van der Waals surface area contributed by atoms with Gasteiger partial charge in [0.05, 0.1) is 25.5 Å². The first-order valence-corrected chi connectivity index (χ1v) is 15.8. The highest BCUT2D eigenvalue weighted by Gasteiger charge is 2.30. The summed E-state index contributed by atoms with van der Waals surface area (Å²) in [6, 6.07) is 16.9. The van der Waals surface area contributed by atoms with Crippen LogP contribution in [0, 0.1) is 0 Å². The van der Waals surface area contributed by atoms with Gasteiger partial charge in [-0.05, 0) is 48.4 Å². The SMILES string of the molecule is C[Si](C)(C)c1ccc2c(c1)cc(C(=O)Nc1ccc(N3CCC3)nc1)n2Cc1cccc(C(F)(F)F)c1. The van der Waals surface area contributed by atoms with Crippen LogP contribution in [-0.4, -0.2) is 36.6 Å². The summed E-state index contributed by atoms with van der Waals surface area (Å²) in [7, 11) is -1.61. The number of halogens is 3. The Labute approximate surface area is 214 Å². The number of fused-ring (bicyclic) bond motifs is 1. The number of amides is 1. The molecule has 5 nitrogen and oxygen atoms in total. The van der Waals surface area contributed by atoms with Crippen molar-refractivity contribution >= 4 is 41.6 Å². The average Bonchev–Trinajstić information content (AvgIpc) is 3.16. The summed E-state index contributed by atoms with van der Waals surface area (Å²) >= 11 is 0. The Morgan fingerprint density at radius 2 is 1.81 bits per heavy atom. The van der Waals surface area contributed by atoms with Gasteiger partial charge in [0, 0.05) is 30.5 Å². The molecule has 5 rings (SSSR count). The van der Waals surface area contributed by atoms with E-state index in [0.29, 0.717) is 16.9 Å². The molecule has 3 heterocycles. The molecule has 0 radical (unpaired) electrons. The first-order valence-electron chi connectivity index (χ1n) is 12.3. The van der Waals surface area contributed by atoms with Crippen molar-refractivity contribution < 1.29 is 18.0 Å². The van der Waals surface area contributed by atoms with Crippen LogP contribution < -0.4 is 15.4 Å². The van der Waals surface area contributed by atoms with Crippen molar-refractivity contribution in [2.45, 2.75) is 38.8 Å². The van der Waals surface area contributed by atoms with Gasteiger partial charge in [-0.3, -0.25) is 4.79 Å². The first-order chi connectivity index (χ1) is 17.5. The molecule has 0 spiro atoms. The van der Waals surface area contributed by atoms with Crippen molar-refractivity contribution in [1.82, 2.24) is 9.55 Å². The fraction of sp³-hybridized carbons (Fsp3) is 0.286. The van der Waals surface area contributed by atoms with E-state index in [1.165, 1.54) is 11.3 Å². The van der Waals surface area contributed by atoms with Crippen LogP contribution in [0.2, 0.25) is 19.6 Å². The predicted octanol–water partition coefficient (Wildman–Crippen LogP) is 6.11. The molecule has 1 aliphatic heterocycles. The normalized spacial score (nSPS) is 14.1. The Morgan fingerprint density at radius 3 is 2.43 bits per heavy atom. The van der Waals surface area contributed by atoms with Crippen LogP contribution in [0.15, 0.2) is 66.9 Å². The van der Waals surface area contributed by atoms with E-state index in [9.17, 15) is 18.0 Å². The lowest BCUT2D eigenvalue weighted by molar-refractivity contribution is -0.137. The van der Waals surface area contributed by atoms with Gasteiger partial charge in [0.1, 0.15) is 11.5 Å². The summed E-state index contributed by atoms with van der Waals surface area (Å²) in [6.45, 7) is 8.84. The fourth-order valence-corrected chi connectivity index (χ4v) is 5.68. The lowest BCUT2D eigenvalue weighted by Crippen LogP contribution is -2.37. The van der Waals surface area contributed by atoms with Crippen molar-refractivity contribution in [3.63, 3.8) is 0 Å². The van der Waals surface area contributed by atoms with Gasteiger partial charge in [0.2, 0.25) is 0 Å². The number of hydrogen-bond donors (Lipinski definition) is 1. The van der Waals surface area contributed by atoms with Gasteiger partial charge >= 0.3 is 6.18 Å². The second-order valence-corrected chi connectivity index (χ2v) is 15.6. The number of carbonyl (C=O) groups is 1. The Morgan fingerprint density at radius 1 is 1.03 bits per heavy atom. The molecule has 4 aromatic rings. The summed E-state index contributed by atoms with van der Waals surface area (Å²) in [6.07, 6.45) is -1.65. The Bertz CT molecular complexity index is 1450. The lowest BCUT2D eigenvalue weighted by atomic mass is 10.1. The minimum atomic E-state index is -4.43. The number of rotatable bonds is 6. The van der Waals surface area contributed by atoms with E-state index in [4.69, 9.17) is 0 Å². The molecular weight excluding hydrogens is 493 g/mol. The van der Waals surface area contributed by atoms with Crippen LogP contribution in [0.25, 0.3) is 10.9 Å². The zero-order valence-electron chi connectivity index (χ0n) is 21.1. The van der Waals surface area contributed by atoms with E-state index < -0.39 is 19.8 Å². The van der Waals surface area contributed by atoms with Crippen molar-refractivity contribution in [2.75, 3.05) is 23.3 Å². The van der Waals surface area contributed by atoms with Crippen molar-refractivity contribution in [3.05, 3.63) is 83.7 Å². The minimum absolute atomic E-state index is 0.134. The number of aromatic nitrogens is 2. The Hall–Kier alpha value is -3.59. The van der Waals surface area contributed by atoms with Crippen molar-refractivity contribution in [3.8, 4) is 0 Å². The summed E-state index contributed by atoms with van der Waals surface area (Å²) < 4.78 is 41.8. The van der Waals surface area contributed by atoms with Gasteiger partial charge in [-0.1, -0.05) is 49.1 Å². The number of alkyl halides is 3. The number of carbonyl (C=O) groups excluding carboxylic acids is 1. The molecule has 192 valence electrons. The molecule has 2 aromatic carbocycles.